The molecule has 1 unspecified atom stereocenters. The molecule has 1 atom stereocenters. The molecule has 2 rings (SSSR count). The summed E-state index contributed by atoms with van der Waals surface area (Å²) < 4.78 is 10.7. The van der Waals surface area contributed by atoms with Crippen LogP contribution in [0.1, 0.15) is 51.8 Å². The van der Waals surface area contributed by atoms with E-state index < -0.39 is 5.60 Å². The van der Waals surface area contributed by atoms with Gasteiger partial charge in [0, 0.05) is 25.9 Å². The number of alkyl carbamates (subject to hydrolysis) is 1. The fraction of sp³-hybridized carbons (Fsp3) is 0.812. The summed E-state index contributed by atoms with van der Waals surface area (Å²) in [6, 6.07) is 0.381. The molecule has 2 heterocycles. The molecule has 1 aromatic rings. The van der Waals surface area contributed by atoms with Gasteiger partial charge in [0.05, 0.1) is 0 Å². The van der Waals surface area contributed by atoms with E-state index in [2.05, 4.69) is 20.4 Å². The average molecular weight is 324 g/mol. The number of hydrogen-bond donors (Lipinski definition) is 1. The predicted molar refractivity (Wildman–Crippen MR) is 86.2 cm³/mol. The molecule has 1 aromatic heterocycles. The third-order valence-corrected chi connectivity index (χ3v) is 3.78. The molecule has 7 nitrogen and oxygen atoms in total. The normalized spacial score (nSPS) is 19.0. The number of ether oxygens (including phenoxy) is 1. The molecular formula is C16H28N4O3. The van der Waals surface area contributed by atoms with E-state index in [0.29, 0.717) is 24.4 Å². The van der Waals surface area contributed by atoms with E-state index in [1.54, 1.807) is 6.92 Å². The van der Waals surface area contributed by atoms with Gasteiger partial charge in [-0.3, -0.25) is 4.90 Å². The Hall–Kier alpha value is -1.63. The second-order valence-corrected chi connectivity index (χ2v) is 7.03. The van der Waals surface area contributed by atoms with Crippen molar-refractivity contribution in [2.45, 2.75) is 65.0 Å². The van der Waals surface area contributed by atoms with Crippen LogP contribution in [-0.4, -0.2) is 52.5 Å². The van der Waals surface area contributed by atoms with Crippen molar-refractivity contribution < 1.29 is 13.9 Å². The molecule has 1 amide bonds. The van der Waals surface area contributed by atoms with Gasteiger partial charge in [0.1, 0.15) is 5.60 Å². The van der Waals surface area contributed by atoms with Crippen molar-refractivity contribution in [3.05, 3.63) is 11.8 Å². The minimum Gasteiger partial charge on any atom is -0.444 e. The predicted octanol–water partition coefficient (Wildman–Crippen LogP) is 2.30. The van der Waals surface area contributed by atoms with Crippen LogP contribution >= 0.6 is 0 Å². The van der Waals surface area contributed by atoms with Crippen molar-refractivity contribution in [3.8, 4) is 0 Å². The summed E-state index contributed by atoms with van der Waals surface area (Å²) >= 11 is 0. The van der Waals surface area contributed by atoms with E-state index >= 15 is 0 Å². The zero-order chi connectivity index (χ0) is 16.9. The van der Waals surface area contributed by atoms with Crippen molar-refractivity contribution >= 4 is 6.09 Å². The Balaban J connectivity index is 1.69. The van der Waals surface area contributed by atoms with Crippen molar-refractivity contribution in [1.82, 2.24) is 20.4 Å². The van der Waals surface area contributed by atoms with Crippen LogP contribution in [0.3, 0.4) is 0 Å². The first-order valence-corrected chi connectivity index (χ1v) is 8.33. The Labute approximate surface area is 137 Å². The first-order valence-electron chi connectivity index (χ1n) is 8.33. The molecule has 7 heteroatoms. The number of carbonyl (C=O) groups excluding carboxylic acids is 1. The number of amides is 1. The highest BCUT2D eigenvalue weighted by atomic mass is 16.6. The smallest absolute Gasteiger partial charge is 0.407 e. The van der Waals surface area contributed by atoms with Gasteiger partial charge in [-0.2, -0.15) is 0 Å². The average Bonchev–Trinajstić information content (AvgIpc) is 3.04. The van der Waals surface area contributed by atoms with Gasteiger partial charge in [-0.25, -0.2) is 4.79 Å². The molecule has 1 aliphatic heterocycles. The van der Waals surface area contributed by atoms with E-state index in [1.165, 1.54) is 6.42 Å². The maximum Gasteiger partial charge on any atom is 0.407 e. The number of carbonyl (C=O) groups is 1. The Morgan fingerprint density at radius 1 is 1.43 bits per heavy atom. The molecule has 130 valence electrons. The van der Waals surface area contributed by atoms with Crippen molar-refractivity contribution in [1.29, 1.82) is 0 Å². The van der Waals surface area contributed by atoms with Crippen LogP contribution < -0.4 is 5.32 Å². The molecule has 1 N–H and O–H groups in total. The van der Waals surface area contributed by atoms with Crippen LogP contribution in [0.25, 0.3) is 0 Å². The Morgan fingerprint density at radius 2 is 2.22 bits per heavy atom. The highest BCUT2D eigenvalue weighted by Crippen LogP contribution is 2.17. The lowest BCUT2D eigenvalue weighted by Crippen LogP contribution is -2.42. The first-order chi connectivity index (χ1) is 10.8. The highest BCUT2D eigenvalue weighted by molar-refractivity contribution is 5.67. The number of aryl methyl sites for hydroxylation is 2. The number of aromatic nitrogens is 2. The Morgan fingerprint density at radius 3 is 2.87 bits per heavy atom. The molecular weight excluding hydrogens is 296 g/mol. The molecule has 0 bridgehead atoms. The van der Waals surface area contributed by atoms with Gasteiger partial charge < -0.3 is 14.5 Å². The van der Waals surface area contributed by atoms with Crippen LogP contribution in [0.2, 0.25) is 0 Å². The topological polar surface area (TPSA) is 80.5 Å². The molecule has 0 spiro atoms. The minimum absolute atomic E-state index is 0.342. The molecule has 1 fully saturated rings. The summed E-state index contributed by atoms with van der Waals surface area (Å²) in [5.74, 6) is 1.31. The van der Waals surface area contributed by atoms with Crippen LogP contribution in [0.15, 0.2) is 4.42 Å². The minimum atomic E-state index is -0.457. The van der Waals surface area contributed by atoms with Gasteiger partial charge in [-0.1, -0.05) is 0 Å². The molecule has 0 saturated carbocycles. The summed E-state index contributed by atoms with van der Waals surface area (Å²) in [6.45, 7) is 10.1. The third-order valence-electron chi connectivity index (χ3n) is 3.78. The van der Waals surface area contributed by atoms with Gasteiger partial charge >= 0.3 is 6.09 Å². The number of rotatable bonds is 6. The third kappa shape index (κ3) is 6.17. The monoisotopic (exact) mass is 324 g/mol. The zero-order valence-corrected chi connectivity index (χ0v) is 14.6. The van der Waals surface area contributed by atoms with Crippen molar-refractivity contribution in [3.63, 3.8) is 0 Å². The molecule has 0 aromatic carbocycles. The van der Waals surface area contributed by atoms with E-state index in [4.69, 9.17) is 9.15 Å². The van der Waals surface area contributed by atoms with E-state index in [1.807, 2.05) is 20.8 Å². The van der Waals surface area contributed by atoms with Crippen LogP contribution in [0, 0.1) is 6.92 Å². The lowest BCUT2D eigenvalue weighted by molar-refractivity contribution is 0.0513. The van der Waals surface area contributed by atoms with Gasteiger partial charge in [-0.05, 0) is 53.1 Å². The molecule has 0 radical (unpaired) electrons. The number of nitrogens with zero attached hydrogens (tertiary/aromatic N) is 3. The summed E-state index contributed by atoms with van der Waals surface area (Å²) in [5, 5.41) is 10.7. The number of hydrogen-bond acceptors (Lipinski definition) is 6. The maximum absolute atomic E-state index is 11.7. The molecule has 0 aliphatic carbocycles. The highest BCUT2D eigenvalue weighted by Gasteiger charge is 2.25. The van der Waals surface area contributed by atoms with Crippen LogP contribution in [-0.2, 0) is 11.2 Å². The summed E-state index contributed by atoms with van der Waals surface area (Å²) in [4.78, 5) is 14.2. The summed E-state index contributed by atoms with van der Waals surface area (Å²) in [5.41, 5.74) is -0.457. The van der Waals surface area contributed by atoms with E-state index in [0.717, 1.165) is 32.4 Å². The van der Waals surface area contributed by atoms with Crippen molar-refractivity contribution in [2.75, 3.05) is 19.6 Å². The largest absolute Gasteiger partial charge is 0.444 e. The van der Waals surface area contributed by atoms with Gasteiger partial charge in [0.2, 0.25) is 11.8 Å². The molecule has 1 aliphatic rings. The Kier molecular flexibility index (Phi) is 5.98. The quantitative estimate of drug-likeness (QED) is 0.865. The standard InChI is InChI=1S/C16H28N4O3/c1-12-18-19-14(22-12)8-6-10-20-9-5-7-13(20)11-17-15(21)23-16(2,3)4/h13H,5-11H2,1-4H3,(H,17,21). The zero-order valence-electron chi connectivity index (χ0n) is 14.6. The van der Waals surface area contributed by atoms with E-state index in [9.17, 15) is 4.79 Å². The number of nitrogens with one attached hydrogen (secondary N) is 1. The van der Waals surface area contributed by atoms with Crippen molar-refractivity contribution in [2.24, 2.45) is 0 Å². The van der Waals surface area contributed by atoms with Crippen LogP contribution in [0.4, 0.5) is 4.79 Å². The molecule has 23 heavy (non-hydrogen) atoms. The van der Waals surface area contributed by atoms with Gasteiger partial charge in [0.25, 0.3) is 0 Å². The first kappa shape index (κ1) is 17.7. The second kappa shape index (κ2) is 7.77. The summed E-state index contributed by atoms with van der Waals surface area (Å²) in [6.07, 6.45) is 3.70. The van der Waals surface area contributed by atoms with Gasteiger partial charge in [0.15, 0.2) is 0 Å². The van der Waals surface area contributed by atoms with E-state index in [-0.39, 0.29) is 6.09 Å². The second-order valence-electron chi connectivity index (χ2n) is 7.03. The SMILES string of the molecule is Cc1nnc(CCCN2CCCC2CNC(=O)OC(C)(C)C)o1. The maximum atomic E-state index is 11.7. The van der Waals surface area contributed by atoms with Gasteiger partial charge in [-0.15, -0.1) is 10.2 Å². The fourth-order valence-electron chi connectivity index (χ4n) is 2.81. The molecule has 1 saturated heterocycles. The fourth-order valence-corrected chi connectivity index (χ4v) is 2.81. The van der Waals surface area contributed by atoms with Crippen LogP contribution in [0.5, 0.6) is 0 Å². The summed E-state index contributed by atoms with van der Waals surface area (Å²) in [7, 11) is 0. The number of likely N-dealkylation sites (tertiary alicyclic amines) is 1. The lowest BCUT2D eigenvalue weighted by Gasteiger charge is -2.25. The lowest BCUT2D eigenvalue weighted by atomic mass is 10.2. The Bertz CT molecular complexity index is 510.